The first-order chi connectivity index (χ1) is 9.54. The second kappa shape index (κ2) is 6.73. The summed E-state index contributed by atoms with van der Waals surface area (Å²) in [5.41, 5.74) is 3.09. The summed E-state index contributed by atoms with van der Waals surface area (Å²) in [6.07, 6.45) is 2.44. The van der Waals surface area contributed by atoms with Gasteiger partial charge in [0.15, 0.2) is 0 Å². The Morgan fingerprint density at radius 3 is 2.65 bits per heavy atom. The van der Waals surface area contributed by atoms with Gasteiger partial charge in [-0.3, -0.25) is 0 Å². The predicted molar refractivity (Wildman–Crippen MR) is 85.1 cm³/mol. The molecule has 2 atom stereocenters. The van der Waals surface area contributed by atoms with Gasteiger partial charge in [0.2, 0.25) is 0 Å². The molecule has 2 unspecified atom stereocenters. The zero-order valence-electron chi connectivity index (χ0n) is 13.4. The highest BCUT2D eigenvalue weighted by atomic mass is 16.5. The van der Waals surface area contributed by atoms with Crippen LogP contribution in [-0.4, -0.2) is 19.8 Å². The number of nitrogens with one attached hydrogen (secondary N) is 1. The van der Waals surface area contributed by atoms with Crippen molar-refractivity contribution in [3.8, 4) is 0 Å². The second-order valence-corrected chi connectivity index (χ2v) is 6.85. The fourth-order valence-electron chi connectivity index (χ4n) is 3.23. The summed E-state index contributed by atoms with van der Waals surface area (Å²) in [6, 6.07) is 9.31. The maximum Gasteiger partial charge on any atom is 0.0512 e. The van der Waals surface area contributed by atoms with E-state index in [2.05, 4.69) is 57.3 Å². The topological polar surface area (TPSA) is 21.3 Å². The van der Waals surface area contributed by atoms with Gasteiger partial charge in [-0.05, 0) is 35.9 Å². The number of hydrogen-bond acceptors (Lipinski definition) is 2. The molecule has 0 bridgehead atoms. The van der Waals surface area contributed by atoms with Crippen molar-refractivity contribution in [3.05, 3.63) is 35.4 Å². The van der Waals surface area contributed by atoms with Crippen molar-refractivity contribution in [2.75, 3.05) is 19.8 Å². The number of ether oxygens (including phenoxy) is 1. The number of rotatable bonds is 4. The van der Waals surface area contributed by atoms with Gasteiger partial charge in [-0.25, -0.2) is 0 Å². The molecule has 1 aromatic rings. The van der Waals surface area contributed by atoms with E-state index in [0.717, 1.165) is 19.8 Å². The summed E-state index contributed by atoms with van der Waals surface area (Å²) in [5, 5.41) is 3.70. The Labute approximate surface area is 123 Å². The van der Waals surface area contributed by atoms with Crippen LogP contribution in [0.15, 0.2) is 24.3 Å². The highest BCUT2D eigenvalue weighted by molar-refractivity contribution is 5.35. The van der Waals surface area contributed by atoms with Crippen LogP contribution in [0.1, 0.15) is 57.7 Å². The molecule has 1 aliphatic heterocycles. The molecule has 1 N–H and O–H groups in total. The minimum atomic E-state index is 0.180. The zero-order chi connectivity index (χ0) is 14.6. The van der Waals surface area contributed by atoms with Crippen LogP contribution in [0.3, 0.4) is 0 Å². The summed E-state index contributed by atoms with van der Waals surface area (Å²) < 4.78 is 5.72. The van der Waals surface area contributed by atoms with Crippen LogP contribution in [0.2, 0.25) is 0 Å². The summed E-state index contributed by atoms with van der Waals surface area (Å²) in [5.74, 6) is 0.590. The van der Waals surface area contributed by atoms with Crippen molar-refractivity contribution in [1.29, 1.82) is 0 Å². The molecule has 0 saturated carbocycles. The van der Waals surface area contributed by atoms with Crippen LogP contribution in [0.5, 0.6) is 0 Å². The third-order valence-electron chi connectivity index (χ3n) is 4.19. The zero-order valence-corrected chi connectivity index (χ0v) is 13.4. The molecule has 1 saturated heterocycles. The average Bonchev–Trinajstić information content (AvgIpc) is 2.45. The van der Waals surface area contributed by atoms with Crippen molar-refractivity contribution >= 4 is 0 Å². The van der Waals surface area contributed by atoms with E-state index in [4.69, 9.17) is 4.74 Å². The minimum absolute atomic E-state index is 0.180. The summed E-state index contributed by atoms with van der Waals surface area (Å²) in [4.78, 5) is 0. The second-order valence-electron chi connectivity index (χ2n) is 6.85. The lowest BCUT2D eigenvalue weighted by molar-refractivity contribution is 0.0390. The monoisotopic (exact) mass is 275 g/mol. The molecule has 0 aromatic heterocycles. The third-order valence-corrected chi connectivity index (χ3v) is 4.19. The molecule has 0 aliphatic carbocycles. The Hall–Kier alpha value is -0.860. The fourth-order valence-corrected chi connectivity index (χ4v) is 3.23. The lowest BCUT2D eigenvalue weighted by atomic mass is 9.78. The summed E-state index contributed by atoms with van der Waals surface area (Å²) in [6.45, 7) is 11.9. The lowest BCUT2D eigenvalue weighted by Gasteiger charge is -2.34. The van der Waals surface area contributed by atoms with Crippen LogP contribution in [-0.2, 0) is 10.2 Å². The molecule has 2 heteroatoms. The van der Waals surface area contributed by atoms with Crippen LogP contribution >= 0.6 is 0 Å². The van der Waals surface area contributed by atoms with Crippen LogP contribution in [0.25, 0.3) is 0 Å². The van der Waals surface area contributed by atoms with Gasteiger partial charge >= 0.3 is 0 Å². The van der Waals surface area contributed by atoms with Gasteiger partial charge in [0.05, 0.1) is 6.61 Å². The number of benzene rings is 1. The van der Waals surface area contributed by atoms with E-state index in [0.29, 0.717) is 12.0 Å². The van der Waals surface area contributed by atoms with Crippen LogP contribution in [0, 0.1) is 5.92 Å². The van der Waals surface area contributed by atoms with Crippen molar-refractivity contribution < 1.29 is 4.74 Å². The van der Waals surface area contributed by atoms with E-state index in [1.54, 1.807) is 0 Å². The van der Waals surface area contributed by atoms with Crippen LogP contribution in [0.4, 0.5) is 0 Å². The van der Waals surface area contributed by atoms with E-state index in [1.807, 2.05) is 0 Å². The highest BCUT2D eigenvalue weighted by Gasteiger charge is 2.29. The molecular weight excluding hydrogens is 246 g/mol. The normalized spacial score (nSPS) is 21.7. The largest absolute Gasteiger partial charge is 0.381 e. The van der Waals surface area contributed by atoms with Gasteiger partial charge in [0.25, 0.3) is 0 Å². The van der Waals surface area contributed by atoms with E-state index in [-0.39, 0.29) is 5.41 Å². The van der Waals surface area contributed by atoms with Gasteiger partial charge in [-0.15, -0.1) is 0 Å². The van der Waals surface area contributed by atoms with E-state index >= 15 is 0 Å². The first kappa shape index (κ1) is 15.5. The minimum Gasteiger partial charge on any atom is -0.381 e. The molecule has 1 heterocycles. The SMILES string of the molecule is CCNC(c1ccccc1C(C)(C)C)C1CCCOC1. The molecule has 1 aliphatic rings. The maximum absolute atomic E-state index is 5.72. The maximum atomic E-state index is 5.72. The summed E-state index contributed by atoms with van der Waals surface area (Å²) in [7, 11) is 0. The van der Waals surface area contributed by atoms with Crippen molar-refractivity contribution in [2.45, 2.75) is 52.0 Å². The average molecular weight is 275 g/mol. The molecular formula is C18H29NO. The molecule has 2 rings (SSSR count). The molecule has 0 radical (unpaired) electrons. The first-order valence-corrected chi connectivity index (χ1v) is 7.94. The Balaban J connectivity index is 2.33. The predicted octanol–water partition coefficient (Wildman–Crippen LogP) is 4.06. The van der Waals surface area contributed by atoms with Crippen molar-refractivity contribution in [1.82, 2.24) is 5.32 Å². The van der Waals surface area contributed by atoms with E-state index < -0.39 is 0 Å². The van der Waals surface area contributed by atoms with Crippen LogP contribution < -0.4 is 5.32 Å². The Kier molecular flexibility index (Phi) is 5.22. The molecule has 2 nitrogen and oxygen atoms in total. The standard InChI is InChI=1S/C18H29NO/c1-5-19-17(14-9-8-12-20-13-14)15-10-6-7-11-16(15)18(2,3)4/h6-7,10-11,14,17,19H,5,8-9,12-13H2,1-4H3. The smallest absolute Gasteiger partial charge is 0.0512 e. The van der Waals surface area contributed by atoms with Crippen molar-refractivity contribution in [3.63, 3.8) is 0 Å². The molecule has 0 spiro atoms. The molecule has 1 aromatic carbocycles. The van der Waals surface area contributed by atoms with Crippen molar-refractivity contribution in [2.24, 2.45) is 5.92 Å². The highest BCUT2D eigenvalue weighted by Crippen LogP contribution is 2.35. The molecule has 20 heavy (non-hydrogen) atoms. The van der Waals surface area contributed by atoms with E-state index in [1.165, 1.54) is 24.0 Å². The fraction of sp³-hybridized carbons (Fsp3) is 0.667. The Morgan fingerprint density at radius 2 is 2.05 bits per heavy atom. The Morgan fingerprint density at radius 1 is 1.30 bits per heavy atom. The van der Waals surface area contributed by atoms with Gasteiger partial charge < -0.3 is 10.1 Å². The molecule has 1 fully saturated rings. The molecule has 112 valence electrons. The van der Waals surface area contributed by atoms with Gasteiger partial charge in [-0.2, -0.15) is 0 Å². The molecule has 0 amide bonds. The third kappa shape index (κ3) is 3.62. The lowest BCUT2D eigenvalue weighted by Crippen LogP contribution is -2.35. The number of hydrogen-bond donors (Lipinski definition) is 1. The van der Waals surface area contributed by atoms with Gasteiger partial charge in [-0.1, -0.05) is 52.0 Å². The quantitative estimate of drug-likeness (QED) is 0.894. The van der Waals surface area contributed by atoms with Gasteiger partial charge in [0.1, 0.15) is 0 Å². The van der Waals surface area contributed by atoms with Gasteiger partial charge in [0, 0.05) is 18.6 Å². The summed E-state index contributed by atoms with van der Waals surface area (Å²) >= 11 is 0. The van der Waals surface area contributed by atoms with E-state index in [9.17, 15) is 0 Å². The first-order valence-electron chi connectivity index (χ1n) is 7.94. The Bertz CT molecular complexity index is 416.